The van der Waals surface area contributed by atoms with Crippen molar-refractivity contribution in [2.24, 2.45) is 0 Å². The largest absolute Gasteiger partial charge is 0.494 e. The number of furan rings is 1. The summed E-state index contributed by atoms with van der Waals surface area (Å²) in [7, 11) is 1.30. The molecule has 0 fully saturated rings. The lowest BCUT2D eigenvalue weighted by molar-refractivity contribution is -0.139. The zero-order chi connectivity index (χ0) is 17.9. The highest BCUT2D eigenvalue weighted by atomic mass is 19.1. The van der Waals surface area contributed by atoms with Crippen LogP contribution in [0.5, 0.6) is 5.75 Å². The van der Waals surface area contributed by atoms with Crippen molar-refractivity contribution in [1.82, 2.24) is 5.32 Å². The van der Waals surface area contributed by atoms with Crippen molar-refractivity contribution in [3.8, 4) is 5.75 Å². The standard InChI is InChI=1S/C17H18FNO5/c1-4-12-9(2)7-14(24-12)16(20)19-15(17(21)22)10-5-6-13(23-3)11(18)8-10/h5-8,15H,4H2,1-3H3,(H,19,20)(H,21,22). The second kappa shape index (κ2) is 7.16. The summed E-state index contributed by atoms with van der Waals surface area (Å²) in [6.45, 7) is 3.68. The number of hydrogen-bond acceptors (Lipinski definition) is 4. The summed E-state index contributed by atoms with van der Waals surface area (Å²) < 4.78 is 24.0. The van der Waals surface area contributed by atoms with Gasteiger partial charge in [0.1, 0.15) is 5.76 Å². The van der Waals surface area contributed by atoms with Gasteiger partial charge in [-0.3, -0.25) is 4.79 Å². The lowest BCUT2D eigenvalue weighted by Crippen LogP contribution is -2.33. The Bertz CT molecular complexity index is 768. The molecule has 0 spiro atoms. The van der Waals surface area contributed by atoms with Crippen LogP contribution in [0.1, 0.15) is 40.4 Å². The van der Waals surface area contributed by atoms with Crippen molar-refractivity contribution < 1.29 is 28.2 Å². The number of halogens is 1. The van der Waals surface area contributed by atoms with Crippen LogP contribution in [0.2, 0.25) is 0 Å². The number of methoxy groups -OCH3 is 1. The van der Waals surface area contributed by atoms with E-state index < -0.39 is 23.7 Å². The molecule has 0 radical (unpaired) electrons. The number of carbonyl (C=O) groups is 2. The normalized spacial score (nSPS) is 11.8. The Morgan fingerprint density at radius 2 is 2.08 bits per heavy atom. The molecule has 1 amide bonds. The predicted octanol–water partition coefficient (Wildman–Crippen LogP) is 2.85. The Balaban J connectivity index is 2.26. The molecule has 24 heavy (non-hydrogen) atoms. The van der Waals surface area contributed by atoms with Crippen LogP contribution in [0, 0.1) is 12.7 Å². The molecule has 0 saturated heterocycles. The van der Waals surface area contributed by atoms with E-state index in [-0.39, 0.29) is 17.1 Å². The third kappa shape index (κ3) is 3.56. The van der Waals surface area contributed by atoms with Gasteiger partial charge >= 0.3 is 5.97 Å². The molecule has 1 aromatic carbocycles. The fraction of sp³-hybridized carbons (Fsp3) is 0.294. The van der Waals surface area contributed by atoms with Crippen LogP contribution in [0.4, 0.5) is 4.39 Å². The van der Waals surface area contributed by atoms with Gasteiger partial charge in [0, 0.05) is 6.42 Å². The highest BCUT2D eigenvalue weighted by molar-refractivity contribution is 5.94. The number of aliphatic carboxylic acids is 1. The molecule has 0 aliphatic carbocycles. The van der Waals surface area contributed by atoms with Gasteiger partial charge in [0.15, 0.2) is 23.4 Å². The Kier molecular flexibility index (Phi) is 5.23. The topological polar surface area (TPSA) is 88.8 Å². The number of rotatable bonds is 6. The van der Waals surface area contributed by atoms with Crippen molar-refractivity contribution in [3.05, 3.63) is 52.7 Å². The molecule has 6 nitrogen and oxygen atoms in total. The quantitative estimate of drug-likeness (QED) is 0.847. The third-order valence-electron chi connectivity index (χ3n) is 3.60. The summed E-state index contributed by atoms with van der Waals surface area (Å²) in [5.41, 5.74) is 0.901. The first-order valence-corrected chi connectivity index (χ1v) is 7.33. The van der Waals surface area contributed by atoms with E-state index >= 15 is 0 Å². The Morgan fingerprint density at radius 3 is 2.58 bits per heavy atom. The molecule has 1 heterocycles. The minimum absolute atomic E-state index is 0.0107. The van der Waals surface area contributed by atoms with E-state index in [0.29, 0.717) is 12.2 Å². The third-order valence-corrected chi connectivity index (χ3v) is 3.60. The van der Waals surface area contributed by atoms with E-state index in [4.69, 9.17) is 9.15 Å². The number of carboxylic acids is 1. The van der Waals surface area contributed by atoms with Gasteiger partial charge in [-0.05, 0) is 36.2 Å². The van der Waals surface area contributed by atoms with Crippen molar-refractivity contribution in [2.45, 2.75) is 26.3 Å². The maximum atomic E-state index is 13.8. The van der Waals surface area contributed by atoms with Gasteiger partial charge in [-0.15, -0.1) is 0 Å². The maximum absolute atomic E-state index is 13.8. The van der Waals surface area contributed by atoms with Crippen LogP contribution < -0.4 is 10.1 Å². The monoisotopic (exact) mass is 335 g/mol. The summed E-state index contributed by atoms with van der Waals surface area (Å²) in [6.07, 6.45) is 0.616. The number of ether oxygens (including phenoxy) is 1. The van der Waals surface area contributed by atoms with Crippen LogP contribution in [0.25, 0.3) is 0 Å². The van der Waals surface area contributed by atoms with Gasteiger partial charge in [0.2, 0.25) is 0 Å². The summed E-state index contributed by atoms with van der Waals surface area (Å²) in [4.78, 5) is 23.7. The molecule has 1 aromatic heterocycles. The molecule has 7 heteroatoms. The van der Waals surface area contributed by atoms with E-state index in [9.17, 15) is 19.1 Å². The number of amides is 1. The number of benzene rings is 1. The van der Waals surface area contributed by atoms with Gasteiger partial charge in [-0.2, -0.15) is 0 Å². The van der Waals surface area contributed by atoms with Crippen LogP contribution in [0.3, 0.4) is 0 Å². The first kappa shape index (κ1) is 17.5. The van der Waals surface area contributed by atoms with Crippen LogP contribution >= 0.6 is 0 Å². The average Bonchev–Trinajstić information content (AvgIpc) is 2.93. The molecule has 1 unspecified atom stereocenters. The summed E-state index contributed by atoms with van der Waals surface area (Å²) in [6, 6.07) is 3.84. The highest BCUT2D eigenvalue weighted by Gasteiger charge is 2.25. The average molecular weight is 335 g/mol. The summed E-state index contributed by atoms with van der Waals surface area (Å²) in [5, 5.41) is 11.7. The summed E-state index contributed by atoms with van der Waals surface area (Å²) in [5.74, 6) is -2.04. The van der Waals surface area contributed by atoms with Gasteiger partial charge in [0.05, 0.1) is 7.11 Å². The van der Waals surface area contributed by atoms with Crippen LogP contribution in [-0.2, 0) is 11.2 Å². The molecule has 0 bridgehead atoms. The molecule has 2 rings (SSSR count). The molecule has 2 N–H and O–H groups in total. The molecule has 0 saturated carbocycles. The first-order chi connectivity index (χ1) is 11.4. The number of carboxylic acid groups (broad SMARTS) is 1. The zero-order valence-corrected chi connectivity index (χ0v) is 13.6. The highest BCUT2D eigenvalue weighted by Crippen LogP contribution is 2.23. The fourth-order valence-corrected chi connectivity index (χ4v) is 2.33. The fourth-order valence-electron chi connectivity index (χ4n) is 2.33. The van der Waals surface area contributed by atoms with E-state index in [1.807, 2.05) is 6.92 Å². The Morgan fingerprint density at radius 1 is 1.38 bits per heavy atom. The predicted molar refractivity (Wildman–Crippen MR) is 83.6 cm³/mol. The molecule has 1 atom stereocenters. The van der Waals surface area contributed by atoms with Gasteiger partial charge in [-0.25, -0.2) is 9.18 Å². The maximum Gasteiger partial charge on any atom is 0.330 e. The number of hydrogen-bond donors (Lipinski definition) is 2. The molecular weight excluding hydrogens is 317 g/mol. The second-order valence-electron chi connectivity index (χ2n) is 5.21. The molecule has 2 aromatic rings. The Labute approximate surface area is 138 Å². The van der Waals surface area contributed by atoms with Crippen LogP contribution in [-0.4, -0.2) is 24.1 Å². The minimum Gasteiger partial charge on any atom is -0.494 e. The van der Waals surface area contributed by atoms with Gasteiger partial charge in [0.25, 0.3) is 5.91 Å². The molecule has 0 aliphatic heterocycles. The van der Waals surface area contributed by atoms with E-state index in [2.05, 4.69) is 5.32 Å². The first-order valence-electron chi connectivity index (χ1n) is 7.33. The van der Waals surface area contributed by atoms with Crippen molar-refractivity contribution in [3.63, 3.8) is 0 Å². The van der Waals surface area contributed by atoms with Crippen molar-refractivity contribution >= 4 is 11.9 Å². The smallest absolute Gasteiger partial charge is 0.330 e. The summed E-state index contributed by atoms with van der Waals surface area (Å²) >= 11 is 0. The zero-order valence-electron chi connectivity index (χ0n) is 13.6. The van der Waals surface area contributed by atoms with E-state index in [0.717, 1.165) is 11.6 Å². The lowest BCUT2D eigenvalue weighted by atomic mass is 10.1. The number of nitrogens with one attached hydrogen (secondary N) is 1. The number of aryl methyl sites for hydroxylation is 2. The molecular formula is C17H18FNO5. The number of carbonyl (C=O) groups excluding carboxylic acids is 1. The SMILES string of the molecule is CCc1oc(C(=O)NC(C(=O)O)c2ccc(OC)c(F)c2)cc1C. The molecule has 0 aliphatic rings. The minimum atomic E-state index is -1.41. The van der Waals surface area contributed by atoms with E-state index in [1.165, 1.54) is 19.2 Å². The molecule has 128 valence electrons. The van der Waals surface area contributed by atoms with E-state index in [1.54, 1.807) is 13.0 Å². The van der Waals surface area contributed by atoms with Crippen molar-refractivity contribution in [2.75, 3.05) is 7.11 Å². The van der Waals surface area contributed by atoms with Crippen molar-refractivity contribution in [1.29, 1.82) is 0 Å². The second-order valence-corrected chi connectivity index (χ2v) is 5.21. The van der Waals surface area contributed by atoms with Gasteiger partial charge < -0.3 is 19.6 Å². The lowest BCUT2D eigenvalue weighted by Gasteiger charge is -2.15. The van der Waals surface area contributed by atoms with Gasteiger partial charge in [-0.1, -0.05) is 13.0 Å². The Hall–Kier alpha value is -2.83. The van der Waals surface area contributed by atoms with Crippen LogP contribution in [0.15, 0.2) is 28.7 Å².